The van der Waals surface area contributed by atoms with E-state index in [4.69, 9.17) is 21.1 Å². The number of nitrogens with zero attached hydrogens (tertiary/aromatic N) is 1. The third kappa shape index (κ3) is 5.17. The average molecular weight is 328 g/mol. The van der Waals surface area contributed by atoms with Gasteiger partial charge in [0.1, 0.15) is 0 Å². The number of halogens is 1. The van der Waals surface area contributed by atoms with Crippen LogP contribution in [0.4, 0.5) is 0 Å². The van der Waals surface area contributed by atoms with Crippen LogP contribution in [0.25, 0.3) is 6.08 Å². The summed E-state index contributed by atoms with van der Waals surface area (Å²) in [7, 11) is 0. The minimum Gasteiger partial charge on any atom is -0.463 e. The molecule has 1 aromatic carbocycles. The van der Waals surface area contributed by atoms with Crippen molar-refractivity contribution in [2.45, 2.75) is 20.0 Å². The van der Waals surface area contributed by atoms with Gasteiger partial charge in [0.2, 0.25) is 0 Å². The molecule has 0 aromatic heterocycles. The third-order valence-electron chi connectivity index (χ3n) is 2.43. The highest BCUT2D eigenvalue weighted by atomic mass is 35.5. The van der Waals surface area contributed by atoms with Crippen molar-refractivity contribution in [3.05, 3.63) is 50.7 Å². The first-order valence-electron chi connectivity index (χ1n) is 6.30. The van der Waals surface area contributed by atoms with Crippen LogP contribution in [0.15, 0.2) is 30.0 Å². The Hall–Kier alpha value is -2.41. The number of hydrogen-bond acceptors (Lipinski definition) is 6. The SMILES string of the molecule is CCOC(=O)C(OC(C)=O)/C(=C\c1cccc(Cl)c1)[N+](=O)[O-]. The van der Waals surface area contributed by atoms with Gasteiger partial charge in [-0.2, -0.15) is 0 Å². The van der Waals surface area contributed by atoms with Crippen LogP contribution in [0.5, 0.6) is 0 Å². The summed E-state index contributed by atoms with van der Waals surface area (Å²) in [4.78, 5) is 33.3. The Labute approximate surface area is 131 Å². The summed E-state index contributed by atoms with van der Waals surface area (Å²) in [6.45, 7) is 2.58. The van der Waals surface area contributed by atoms with Gasteiger partial charge >= 0.3 is 11.9 Å². The summed E-state index contributed by atoms with van der Waals surface area (Å²) in [5.41, 5.74) is -0.225. The normalized spacial score (nSPS) is 12.4. The first-order valence-corrected chi connectivity index (χ1v) is 6.68. The molecule has 0 amide bonds. The van der Waals surface area contributed by atoms with Crippen LogP contribution < -0.4 is 0 Å². The summed E-state index contributed by atoms with van der Waals surface area (Å²) in [6.07, 6.45) is -0.636. The highest BCUT2D eigenvalue weighted by molar-refractivity contribution is 6.30. The molecule has 0 saturated carbocycles. The second-order valence-corrected chi connectivity index (χ2v) is 4.56. The predicted octanol–water partition coefficient (Wildman–Crippen LogP) is 2.45. The topological polar surface area (TPSA) is 95.7 Å². The quantitative estimate of drug-likeness (QED) is 0.452. The number of esters is 2. The molecule has 0 radical (unpaired) electrons. The van der Waals surface area contributed by atoms with Gasteiger partial charge in [0.05, 0.1) is 11.5 Å². The van der Waals surface area contributed by atoms with Crippen molar-refractivity contribution in [1.29, 1.82) is 0 Å². The lowest BCUT2D eigenvalue weighted by atomic mass is 10.1. The van der Waals surface area contributed by atoms with Gasteiger partial charge in [0.15, 0.2) is 0 Å². The van der Waals surface area contributed by atoms with Crippen LogP contribution in [-0.4, -0.2) is 29.6 Å². The van der Waals surface area contributed by atoms with E-state index in [-0.39, 0.29) is 6.61 Å². The Balaban J connectivity index is 3.25. The molecule has 0 N–H and O–H groups in total. The summed E-state index contributed by atoms with van der Waals surface area (Å²) in [6, 6.07) is 6.23. The number of rotatable bonds is 6. The van der Waals surface area contributed by atoms with Gasteiger partial charge in [-0.05, 0) is 24.6 Å². The van der Waals surface area contributed by atoms with Crippen LogP contribution in [0, 0.1) is 10.1 Å². The van der Waals surface area contributed by atoms with E-state index in [9.17, 15) is 19.7 Å². The van der Waals surface area contributed by atoms with E-state index in [1.54, 1.807) is 18.2 Å². The minimum absolute atomic E-state index is 0.00123. The van der Waals surface area contributed by atoms with E-state index in [0.717, 1.165) is 13.0 Å². The summed E-state index contributed by atoms with van der Waals surface area (Å²) < 4.78 is 9.44. The molecular formula is C14H14ClNO6. The molecule has 0 fully saturated rings. The molecule has 0 heterocycles. The van der Waals surface area contributed by atoms with Gasteiger partial charge in [-0.25, -0.2) is 4.79 Å². The summed E-state index contributed by atoms with van der Waals surface area (Å²) in [5, 5.41) is 11.6. The maximum absolute atomic E-state index is 11.8. The van der Waals surface area contributed by atoms with E-state index in [2.05, 4.69) is 0 Å². The van der Waals surface area contributed by atoms with Crippen molar-refractivity contribution >= 4 is 29.6 Å². The van der Waals surface area contributed by atoms with Crippen molar-refractivity contribution in [3.8, 4) is 0 Å². The number of carbonyl (C=O) groups excluding carboxylic acids is 2. The zero-order valence-electron chi connectivity index (χ0n) is 11.9. The molecule has 22 heavy (non-hydrogen) atoms. The van der Waals surface area contributed by atoms with E-state index in [1.165, 1.54) is 13.0 Å². The molecule has 118 valence electrons. The zero-order chi connectivity index (χ0) is 16.7. The molecule has 1 unspecified atom stereocenters. The van der Waals surface area contributed by atoms with Crippen LogP contribution in [0.3, 0.4) is 0 Å². The molecule has 8 heteroatoms. The third-order valence-corrected chi connectivity index (χ3v) is 2.66. The smallest absolute Gasteiger partial charge is 0.358 e. The van der Waals surface area contributed by atoms with Crippen molar-refractivity contribution in [2.24, 2.45) is 0 Å². The molecule has 7 nitrogen and oxygen atoms in total. The number of carbonyl (C=O) groups is 2. The van der Waals surface area contributed by atoms with E-state index in [1.807, 2.05) is 0 Å². The zero-order valence-corrected chi connectivity index (χ0v) is 12.7. The van der Waals surface area contributed by atoms with Crippen LogP contribution in [-0.2, 0) is 19.1 Å². The van der Waals surface area contributed by atoms with Gasteiger partial charge in [-0.3, -0.25) is 14.9 Å². The van der Waals surface area contributed by atoms with Gasteiger partial charge < -0.3 is 9.47 Å². The highest BCUT2D eigenvalue weighted by Crippen LogP contribution is 2.18. The molecule has 0 aliphatic heterocycles. The number of benzene rings is 1. The summed E-state index contributed by atoms with van der Waals surface area (Å²) >= 11 is 5.81. The molecule has 1 rings (SSSR count). The predicted molar refractivity (Wildman–Crippen MR) is 78.6 cm³/mol. The number of ether oxygens (including phenoxy) is 2. The fourth-order valence-electron chi connectivity index (χ4n) is 1.60. The number of nitro groups is 1. The Kier molecular flexibility index (Phi) is 6.52. The molecule has 1 atom stereocenters. The largest absolute Gasteiger partial charge is 0.463 e. The fourth-order valence-corrected chi connectivity index (χ4v) is 1.80. The number of hydrogen-bond donors (Lipinski definition) is 0. The first kappa shape index (κ1) is 17.6. The van der Waals surface area contributed by atoms with Crippen LogP contribution >= 0.6 is 11.6 Å². The van der Waals surface area contributed by atoms with E-state index in [0.29, 0.717) is 10.6 Å². The lowest BCUT2D eigenvalue weighted by Crippen LogP contribution is -2.33. The second kappa shape index (κ2) is 8.14. The molecule has 1 aromatic rings. The average Bonchev–Trinajstić information content (AvgIpc) is 2.42. The molecule has 0 aliphatic rings. The minimum atomic E-state index is -1.74. The second-order valence-electron chi connectivity index (χ2n) is 4.12. The van der Waals surface area contributed by atoms with Crippen molar-refractivity contribution in [3.63, 3.8) is 0 Å². The Morgan fingerprint density at radius 3 is 2.64 bits per heavy atom. The van der Waals surface area contributed by atoms with Crippen molar-refractivity contribution in [1.82, 2.24) is 0 Å². The van der Waals surface area contributed by atoms with Crippen molar-refractivity contribution in [2.75, 3.05) is 6.61 Å². The van der Waals surface area contributed by atoms with Gasteiger partial charge in [-0.15, -0.1) is 0 Å². The highest BCUT2D eigenvalue weighted by Gasteiger charge is 2.36. The van der Waals surface area contributed by atoms with Gasteiger partial charge in [0.25, 0.3) is 11.8 Å². The fraction of sp³-hybridized carbons (Fsp3) is 0.286. The molecule has 0 aliphatic carbocycles. The van der Waals surface area contributed by atoms with Gasteiger partial charge in [0, 0.05) is 18.0 Å². The molecule has 0 saturated heterocycles. The standard InChI is InChI=1S/C14H14ClNO6/c1-3-21-14(18)13(22-9(2)17)12(16(19)20)8-10-5-4-6-11(15)7-10/h4-8,13H,3H2,1-2H3/b12-8+. The Morgan fingerprint density at radius 2 is 2.14 bits per heavy atom. The summed E-state index contributed by atoms with van der Waals surface area (Å²) in [5.74, 6) is -1.85. The molecule has 0 bridgehead atoms. The molecule has 0 spiro atoms. The monoisotopic (exact) mass is 327 g/mol. The van der Waals surface area contributed by atoms with Gasteiger partial charge in [-0.1, -0.05) is 23.7 Å². The lowest BCUT2D eigenvalue weighted by Gasteiger charge is -2.13. The van der Waals surface area contributed by atoms with E-state index < -0.39 is 28.7 Å². The Bertz CT molecular complexity index is 613. The van der Waals surface area contributed by atoms with Crippen LogP contribution in [0.1, 0.15) is 19.4 Å². The maximum Gasteiger partial charge on any atom is 0.358 e. The Morgan fingerprint density at radius 1 is 1.45 bits per heavy atom. The van der Waals surface area contributed by atoms with Crippen molar-refractivity contribution < 1.29 is 24.0 Å². The lowest BCUT2D eigenvalue weighted by molar-refractivity contribution is -0.432. The first-order chi connectivity index (χ1) is 10.3. The molecular weight excluding hydrogens is 314 g/mol. The van der Waals surface area contributed by atoms with Crippen LogP contribution in [0.2, 0.25) is 5.02 Å². The van der Waals surface area contributed by atoms with E-state index >= 15 is 0 Å². The maximum atomic E-state index is 11.8.